The molecule has 1 unspecified atom stereocenters. The zero-order chi connectivity index (χ0) is 24.8. The highest BCUT2D eigenvalue weighted by Crippen LogP contribution is 2.31. The first-order valence-corrected chi connectivity index (χ1v) is 12.8. The van der Waals surface area contributed by atoms with Gasteiger partial charge in [0.05, 0.1) is 35.4 Å². The van der Waals surface area contributed by atoms with Gasteiger partial charge in [0.1, 0.15) is 11.5 Å². The largest absolute Gasteiger partial charge is 0.497 e. The number of nitrogens with zero attached hydrogens (tertiary/aromatic N) is 1. The van der Waals surface area contributed by atoms with Gasteiger partial charge >= 0.3 is 0 Å². The van der Waals surface area contributed by atoms with Crippen molar-refractivity contribution in [1.29, 1.82) is 0 Å². The molecule has 1 aromatic heterocycles. The van der Waals surface area contributed by atoms with Crippen LogP contribution in [0, 0.1) is 0 Å². The molecule has 0 aliphatic rings. The number of benzene rings is 3. The highest BCUT2D eigenvalue weighted by molar-refractivity contribution is 8.00. The van der Waals surface area contributed by atoms with Crippen LogP contribution in [0.15, 0.2) is 71.6 Å². The lowest BCUT2D eigenvalue weighted by molar-refractivity contribution is -0.115. The van der Waals surface area contributed by atoms with E-state index in [9.17, 15) is 4.79 Å². The molecule has 4 rings (SSSR count). The Morgan fingerprint density at radius 2 is 1.83 bits per heavy atom. The summed E-state index contributed by atoms with van der Waals surface area (Å²) in [7, 11) is 3.24. The Labute approximate surface area is 217 Å². The Balaban J connectivity index is 1.36. The van der Waals surface area contributed by atoms with Crippen LogP contribution in [0.2, 0.25) is 0 Å². The van der Waals surface area contributed by atoms with Crippen LogP contribution >= 0.6 is 35.3 Å². The summed E-state index contributed by atoms with van der Waals surface area (Å²) in [6.45, 7) is 1.87. The first kappa shape index (κ1) is 24.8. The maximum atomic E-state index is 12.8. The van der Waals surface area contributed by atoms with Gasteiger partial charge in [-0.1, -0.05) is 29.5 Å². The number of anilines is 3. The molecule has 0 bridgehead atoms. The number of fused-ring (bicyclic) bond motifs is 1. The molecule has 0 saturated carbocycles. The molecule has 35 heavy (non-hydrogen) atoms. The van der Waals surface area contributed by atoms with Gasteiger partial charge in [0.25, 0.3) is 0 Å². The van der Waals surface area contributed by atoms with Crippen molar-refractivity contribution in [2.75, 3.05) is 30.2 Å². The van der Waals surface area contributed by atoms with E-state index >= 15 is 0 Å². The van der Waals surface area contributed by atoms with E-state index in [0.717, 1.165) is 32.2 Å². The van der Waals surface area contributed by atoms with Crippen LogP contribution in [-0.2, 0) is 4.79 Å². The van der Waals surface area contributed by atoms with Crippen LogP contribution in [0.5, 0.6) is 11.5 Å². The van der Waals surface area contributed by atoms with Gasteiger partial charge in [-0.25, -0.2) is 4.98 Å². The Morgan fingerprint density at radius 3 is 2.63 bits per heavy atom. The molecule has 180 valence electrons. The van der Waals surface area contributed by atoms with Crippen LogP contribution in [0.4, 0.5) is 16.5 Å². The lowest BCUT2D eigenvalue weighted by Crippen LogP contribution is -2.22. The number of carbonyl (C=O) groups excluding carboxylic acids is 1. The minimum Gasteiger partial charge on any atom is -0.497 e. The molecule has 0 radical (unpaired) electrons. The van der Waals surface area contributed by atoms with Crippen molar-refractivity contribution >= 4 is 73.1 Å². The van der Waals surface area contributed by atoms with Gasteiger partial charge in [0.2, 0.25) is 5.91 Å². The predicted molar refractivity (Wildman–Crippen MR) is 149 cm³/mol. The highest BCUT2D eigenvalue weighted by Gasteiger charge is 2.17. The van der Waals surface area contributed by atoms with E-state index in [-0.39, 0.29) is 11.2 Å². The van der Waals surface area contributed by atoms with Crippen LogP contribution in [0.3, 0.4) is 0 Å². The molecule has 3 aromatic carbocycles. The second-order valence-electron chi connectivity index (χ2n) is 7.41. The van der Waals surface area contributed by atoms with Crippen molar-refractivity contribution in [2.24, 2.45) is 0 Å². The summed E-state index contributed by atoms with van der Waals surface area (Å²) in [5, 5.41) is 9.92. The van der Waals surface area contributed by atoms with Crippen molar-refractivity contribution in [3.8, 4) is 11.5 Å². The quantitative estimate of drug-likeness (QED) is 0.184. The summed E-state index contributed by atoms with van der Waals surface area (Å²) in [6, 6.07) is 20.9. The third-order valence-electron chi connectivity index (χ3n) is 4.95. The van der Waals surface area contributed by atoms with Crippen molar-refractivity contribution in [1.82, 2.24) is 4.98 Å². The lowest BCUT2D eigenvalue weighted by atomic mass is 10.3. The summed E-state index contributed by atoms with van der Waals surface area (Å²) < 4.78 is 11.6. The molecule has 0 spiro atoms. The van der Waals surface area contributed by atoms with Gasteiger partial charge in [-0.05, 0) is 67.7 Å². The number of para-hydroxylation sites is 2. The van der Waals surface area contributed by atoms with Crippen LogP contribution < -0.4 is 25.4 Å². The fourth-order valence-corrected chi connectivity index (χ4v) is 5.28. The van der Waals surface area contributed by atoms with E-state index in [1.807, 2.05) is 73.7 Å². The number of thiocarbonyl (C=S) groups is 1. The SMILES string of the molecule is COc1ccc2nc(NC(=O)C(C)Sc3cccc(NC(=S)Nc4ccccc4OC)c3)sc2c1. The number of carbonyl (C=O) groups is 1. The van der Waals surface area contributed by atoms with Crippen molar-refractivity contribution in [3.63, 3.8) is 0 Å². The van der Waals surface area contributed by atoms with Gasteiger partial charge in [-0.2, -0.15) is 0 Å². The van der Waals surface area contributed by atoms with E-state index in [0.29, 0.717) is 16.0 Å². The van der Waals surface area contributed by atoms with Crippen molar-refractivity contribution in [3.05, 3.63) is 66.7 Å². The standard InChI is InChI=1S/C25H24N4O3S3/c1-15(23(30)29-25-28-20-12-11-17(31-2)14-22(20)35-25)34-18-8-6-7-16(13-18)26-24(33)27-19-9-4-5-10-21(19)32-3/h4-15H,1-3H3,(H2,26,27,33)(H,28,29,30). The number of hydrogen-bond acceptors (Lipinski definition) is 7. The molecule has 0 saturated heterocycles. The molecular formula is C25H24N4O3S3. The Bertz CT molecular complexity index is 1360. The first-order chi connectivity index (χ1) is 16.9. The number of thiazole rings is 1. The molecule has 0 fully saturated rings. The fraction of sp³-hybridized carbons (Fsp3) is 0.160. The third kappa shape index (κ3) is 6.41. The van der Waals surface area contributed by atoms with E-state index in [1.54, 1.807) is 14.2 Å². The number of hydrogen-bond donors (Lipinski definition) is 3. The molecule has 0 aliphatic heterocycles. The molecule has 7 nitrogen and oxygen atoms in total. The summed E-state index contributed by atoms with van der Waals surface area (Å²) in [5.41, 5.74) is 2.41. The van der Waals surface area contributed by atoms with Gasteiger partial charge in [0.15, 0.2) is 10.2 Å². The predicted octanol–water partition coefficient (Wildman–Crippen LogP) is 6.24. The minimum atomic E-state index is -0.328. The Kier molecular flexibility index (Phi) is 8.06. The average Bonchev–Trinajstić information content (AvgIpc) is 3.25. The number of ether oxygens (including phenoxy) is 2. The summed E-state index contributed by atoms with van der Waals surface area (Å²) in [6.07, 6.45) is 0. The normalized spacial score (nSPS) is 11.5. The number of nitrogens with one attached hydrogen (secondary N) is 3. The van der Waals surface area contributed by atoms with E-state index in [1.165, 1.54) is 23.1 Å². The molecule has 1 atom stereocenters. The number of amides is 1. The van der Waals surface area contributed by atoms with E-state index in [4.69, 9.17) is 21.7 Å². The molecule has 1 amide bonds. The van der Waals surface area contributed by atoms with Gasteiger partial charge in [0, 0.05) is 10.6 Å². The van der Waals surface area contributed by atoms with Crippen molar-refractivity contribution in [2.45, 2.75) is 17.1 Å². The lowest BCUT2D eigenvalue weighted by Gasteiger charge is -2.14. The molecule has 1 heterocycles. The second kappa shape index (κ2) is 11.4. The maximum Gasteiger partial charge on any atom is 0.239 e. The zero-order valence-electron chi connectivity index (χ0n) is 19.3. The van der Waals surface area contributed by atoms with E-state index in [2.05, 4.69) is 20.9 Å². The Hall–Kier alpha value is -3.34. The van der Waals surface area contributed by atoms with Crippen LogP contribution in [-0.4, -0.2) is 35.5 Å². The monoisotopic (exact) mass is 524 g/mol. The molecule has 0 aliphatic carbocycles. The number of methoxy groups -OCH3 is 2. The number of thioether (sulfide) groups is 1. The third-order valence-corrected chi connectivity index (χ3v) is 7.19. The number of aromatic nitrogens is 1. The summed E-state index contributed by atoms with van der Waals surface area (Å²) >= 11 is 8.33. The van der Waals surface area contributed by atoms with E-state index < -0.39 is 0 Å². The highest BCUT2D eigenvalue weighted by atomic mass is 32.2. The van der Waals surface area contributed by atoms with Gasteiger partial charge in [-0.3, -0.25) is 4.79 Å². The summed E-state index contributed by atoms with van der Waals surface area (Å²) in [5.74, 6) is 1.34. The maximum absolute atomic E-state index is 12.8. The molecule has 4 aromatic rings. The summed E-state index contributed by atoms with van der Waals surface area (Å²) in [4.78, 5) is 18.2. The smallest absolute Gasteiger partial charge is 0.239 e. The Morgan fingerprint density at radius 1 is 1.00 bits per heavy atom. The van der Waals surface area contributed by atoms with Crippen molar-refractivity contribution < 1.29 is 14.3 Å². The van der Waals surface area contributed by atoms with Crippen LogP contribution in [0.1, 0.15) is 6.92 Å². The van der Waals surface area contributed by atoms with Crippen LogP contribution in [0.25, 0.3) is 10.2 Å². The van der Waals surface area contributed by atoms with Gasteiger partial charge in [-0.15, -0.1) is 11.8 Å². The first-order valence-electron chi connectivity index (χ1n) is 10.7. The van der Waals surface area contributed by atoms with Gasteiger partial charge < -0.3 is 25.4 Å². The minimum absolute atomic E-state index is 0.118. The molecular weight excluding hydrogens is 501 g/mol. The fourth-order valence-electron chi connectivity index (χ4n) is 3.23. The topological polar surface area (TPSA) is 84.5 Å². The second-order valence-corrected chi connectivity index (χ2v) is 10.3. The molecule has 3 N–H and O–H groups in total. The zero-order valence-corrected chi connectivity index (χ0v) is 21.8. The molecule has 10 heteroatoms. The number of rotatable bonds is 8. The average molecular weight is 525 g/mol.